The maximum Gasteiger partial charge on any atom is 0.129 e. The maximum absolute atomic E-state index is 13.6. The summed E-state index contributed by atoms with van der Waals surface area (Å²) in [4.78, 5) is 4.24. The molecule has 3 aromatic rings. The molecule has 3 rings (SSSR count). The summed E-state index contributed by atoms with van der Waals surface area (Å²) in [5, 5.41) is 13.3. The number of para-hydroxylation sites is 1. The lowest BCUT2D eigenvalue weighted by atomic mass is 10.1. The molecule has 0 unspecified atom stereocenters. The second-order valence-corrected chi connectivity index (χ2v) is 5.09. The van der Waals surface area contributed by atoms with Crippen LogP contribution in [0.25, 0.3) is 10.9 Å². The molecule has 0 fully saturated rings. The number of benzene rings is 2. The summed E-state index contributed by atoms with van der Waals surface area (Å²) in [6, 6.07) is 13.1. The number of fused-ring (bicyclic) bond motifs is 1. The highest BCUT2D eigenvalue weighted by Gasteiger charge is 2.09. The standard InChI is InChI=1S/C18H13F2N3/c19-14-6-5-12(16(20)9-14)7-8-22-18-13(10-21)11-23-17-4-2-1-3-15(17)18/h1-6,9,11H,7-8H2,(H,22,23). The molecule has 2 aromatic carbocycles. The quantitative estimate of drug-likeness (QED) is 0.791. The number of anilines is 1. The van der Waals surface area contributed by atoms with Crippen LogP contribution in [0.5, 0.6) is 0 Å². The molecule has 0 amide bonds. The highest BCUT2D eigenvalue weighted by Crippen LogP contribution is 2.25. The fourth-order valence-electron chi connectivity index (χ4n) is 2.46. The second-order valence-electron chi connectivity index (χ2n) is 5.09. The fraction of sp³-hybridized carbons (Fsp3) is 0.111. The predicted octanol–water partition coefficient (Wildman–Crippen LogP) is 4.04. The smallest absolute Gasteiger partial charge is 0.129 e. The molecule has 1 heterocycles. The van der Waals surface area contributed by atoms with Gasteiger partial charge in [0.1, 0.15) is 17.7 Å². The van der Waals surface area contributed by atoms with E-state index in [-0.39, 0.29) is 0 Å². The molecule has 0 spiro atoms. The molecule has 0 aliphatic heterocycles. The molecule has 1 aromatic heterocycles. The zero-order valence-corrected chi connectivity index (χ0v) is 12.2. The van der Waals surface area contributed by atoms with Crippen LogP contribution in [0.3, 0.4) is 0 Å². The fourth-order valence-corrected chi connectivity index (χ4v) is 2.46. The molecular formula is C18H13F2N3. The van der Waals surface area contributed by atoms with Gasteiger partial charge in [0.2, 0.25) is 0 Å². The van der Waals surface area contributed by atoms with Crippen molar-refractivity contribution in [2.24, 2.45) is 0 Å². The first-order valence-corrected chi connectivity index (χ1v) is 7.14. The van der Waals surface area contributed by atoms with Gasteiger partial charge in [0.25, 0.3) is 0 Å². The Morgan fingerprint density at radius 1 is 1.13 bits per heavy atom. The lowest BCUT2D eigenvalue weighted by Crippen LogP contribution is -2.08. The first kappa shape index (κ1) is 14.9. The topological polar surface area (TPSA) is 48.7 Å². The highest BCUT2D eigenvalue weighted by molar-refractivity contribution is 5.93. The Hall–Kier alpha value is -3.00. The molecule has 0 atom stereocenters. The molecule has 3 nitrogen and oxygen atoms in total. The molecule has 0 aliphatic rings. The summed E-state index contributed by atoms with van der Waals surface area (Å²) in [5.41, 5.74) is 2.32. The van der Waals surface area contributed by atoms with E-state index < -0.39 is 11.6 Å². The summed E-state index contributed by atoms with van der Waals surface area (Å²) in [6.45, 7) is 0.422. The highest BCUT2D eigenvalue weighted by atomic mass is 19.1. The van der Waals surface area contributed by atoms with Crippen LogP contribution in [-0.4, -0.2) is 11.5 Å². The largest absolute Gasteiger partial charge is 0.383 e. The van der Waals surface area contributed by atoms with Crippen LogP contribution in [0, 0.1) is 23.0 Å². The average Bonchev–Trinajstić information content (AvgIpc) is 2.56. The van der Waals surface area contributed by atoms with Gasteiger partial charge < -0.3 is 5.32 Å². The van der Waals surface area contributed by atoms with Gasteiger partial charge in [-0.1, -0.05) is 24.3 Å². The number of rotatable bonds is 4. The van der Waals surface area contributed by atoms with Gasteiger partial charge >= 0.3 is 0 Å². The Bertz CT molecular complexity index is 900. The predicted molar refractivity (Wildman–Crippen MR) is 85.0 cm³/mol. The third-order valence-corrected chi connectivity index (χ3v) is 3.61. The SMILES string of the molecule is N#Cc1cnc2ccccc2c1NCCc1ccc(F)cc1F. The molecule has 114 valence electrons. The van der Waals surface area contributed by atoms with E-state index in [2.05, 4.69) is 16.4 Å². The Morgan fingerprint density at radius 3 is 2.74 bits per heavy atom. The van der Waals surface area contributed by atoms with E-state index in [1.54, 1.807) is 0 Å². The van der Waals surface area contributed by atoms with Crippen molar-refractivity contribution in [3.63, 3.8) is 0 Å². The van der Waals surface area contributed by atoms with Crippen LogP contribution in [0.1, 0.15) is 11.1 Å². The van der Waals surface area contributed by atoms with Crippen molar-refractivity contribution in [2.45, 2.75) is 6.42 Å². The van der Waals surface area contributed by atoms with Crippen LogP contribution in [0.15, 0.2) is 48.7 Å². The van der Waals surface area contributed by atoms with Crippen LogP contribution < -0.4 is 5.32 Å². The van der Waals surface area contributed by atoms with E-state index in [4.69, 9.17) is 0 Å². The number of halogens is 2. The van der Waals surface area contributed by atoms with Gasteiger partial charge in [0, 0.05) is 24.2 Å². The zero-order chi connectivity index (χ0) is 16.2. The van der Waals surface area contributed by atoms with Gasteiger partial charge in [-0.05, 0) is 24.1 Å². The molecule has 0 aliphatic carbocycles. The van der Waals surface area contributed by atoms with E-state index in [0.29, 0.717) is 29.8 Å². The van der Waals surface area contributed by atoms with E-state index in [9.17, 15) is 14.0 Å². The molecule has 5 heteroatoms. The van der Waals surface area contributed by atoms with Crippen molar-refractivity contribution in [2.75, 3.05) is 11.9 Å². The number of hydrogen-bond donors (Lipinski definition) is 1. The Morgan fingerprint density at radius 2 is 1.96 bits per heavy atom. The van der Waals surface area contributed by atoms with E-state index >= 15 is 0 Å². The first-order chi connectivity index (χ1) is 11.2. The number of nitrogens with zero attached hydrogens (tertiary/aromatic N) is 2. The molecular weight excluding hydrogens is 296 g/mol. The normalized spacial score (nSPS) is 10.5. The zero-order valence-electron chi connectivity index (χ0n) is 12.2. The van der Waals surface area contributed by atoms with Crippen LogP contribution in [-0.2, 0) is 6.42 Å². The molecule has 1 N–H and O–H groups in total. The van der Waals surface area contributed by atoms with Gasteiger partial charge in [-0.15, -0.1) is 0 Å². The van der Waals surface area contributed by atoms with Crippen molar-refractivity contribution in [3.8, 4) is 6.07 Å². The maximum atomic E-state index is 13.6. The summed E-state index contributed by atoms with van der Waals surface area (Å²) in [7, 11) is 0. The van der Waals surface area contributed by atoms with Crippen LogP contribution >= 0.6 is 0 Å². The minimum Gasteiger partial charge on any atom is -0.383 e. The van der Waals surface area contributed by atoms with Crippen molar-refractivity contribution >= 4 is 16.6 Å². The summed E-state index contributed by atoms with van der Waals surface area (Å²) >= 11 is 0. The second kappa shape index (κ2) is 6.41. The summed E-state index contributed by atoms with van der Waals surface area (Å²) < 4.78 is 26.6. The minimum absolute atomic E-state index is 0.383. The molecule has 0 bridgehead atoms. The third-order valence-electron chi connectivity index (χ3n) is 3.61. The number of nitrogens with one attached hydrogen (secondary N) is 1. The third kappa shape index (κ3) is 3.11. The van der Waals surface area contributed by atoms with Crippen molar-refractivity contribution in [1.82, 2.24) is 4.98 Å². The number of pyridine rings is 1. The van der Waals surface area contributed by atoms with Gasteiger partial charge in [-0.3, -0.25) is 4.98 Å². The number of aromatic nitrogens is 1. The summed E-state index contributed by atoms with van der Waals surface area (Å²) in [6.07, 6.45) is 1.90. The summed E-state index contributed by atoms with van der Waals surface area (Å²) in [5.74, 6) is -1.15. The van der Waals surface area contributed by atoms with Gasteiger partial charge in [-0.25, -0.2) is 8.78 Å². The number of nitriles is 1. The molecule has 23 heavy (non-hydrogen) atoms. The first-order valence-electron chi connectivity index (χ1n) is 7.14. The average molecular weight is 309 g/mol. The van der Waals surface area contributed by atoms with Crippen molar-refractivity contribution < 1.29 is 8.78 Å². The van der Waals surface area contributed by atoms with Gasteiger partial charge in [0.15, 0.2) is 0 Å². The van der Waals surface area contributed by atoms with Crippen molar-refractivity contribution in [3.05, 3.63) is 71.4 Å². The lowest BCUT2D eigenvalue weighted by Gasteiger charge is -2.11. The van der Waals surface area contributed by atoms with Gasteiger partial charge in [-0.2, -0.15) is 5.26 Å². The number of hydrogen-bond acceptors (Lipinski definition) is 3. The molecule has 0 radical (unpaired) electrons. The Labute approximate surface area is 132 Å². The van der Waals surface area contributed by atoms with Crippen LogP contribution in [0.4, 0.5) is 14.5 Å². The van der Waals surface area contributed by atoms with Crippen LogP contribution in [0.2, 0.25) is 0 Å². The van der Waals surface area contributed by atoms with E-state index in [0.717, 1.165) is 17.0 Å². The van der Waals surface area contributed by atoms with Gasteiger partial charge in [0.05, 0.1) is 16.8 Å². The molecule has 0 saturated heterocycles. The van der Waals surface area contributed by atoms with Crippen molar-refractivity contribution in [1.29, 1.82) is 5.26 Å². The van der Waals surface area contributed by atoms with E-state index in [1.807, 2.05) is 24.3 Å². The lowest BCUT2D eigenvalue weighted by molar-refractivity contribution is 0.572. The minimum atomic E-state index is -0.592. The molecule has 0 saturated carbocycles. The monoisotopic (exact) mass is 309 g/mol. The van der Waals surface area contributed by atoms with E-state index in [1.165, 1.54) is 18.3 Å². The Kier molecular flexibility index (Phi) is 4.15. The Balaban J connectivity index is 1.83.